The number of carbonyl (C=O) groups is 1. The van der Waals surface area contributed by atoms with Gasteiger partial charge >= 0.3 is 0 Å². The van der Waals surface area contributed by atoms with Crippen molar-refractivity contribution in [1.82, 2.24) is 10.3 Å². The Balaban J connectivity index is 1.51. The minimum absolute atomic E-state index is 0.0202. The van der Waals surface area contributed by atoms with Crippen LogP contribution in [0.4, 0.5) is 11.5 Å². The van der Waals surface area contributed by atoms with Gasteiger partial charge in [-0.05, 0) is 49.6 Å². The lowest BCUT2D eigenvalue weighted by Gasteiger charge is -2.36. The molecule has 1 aromatic heterocycles. The molecule has 33 heavy (non-hydrogen) atoms. The summed E-state index contributed by atoms with van der Waals surface area (Å²) in [5.74, 6) is 0.383. The van der Waals surface area contributed by atoms with Crippen molar-refractivity contribution in [3.8, 4) is 11.1 Å². The summed E-state index contributed by atoms with van der Waals surface area (Å²) in [5.41, 5.74) is 10.8. The van der Waals surface area contributed by atoms with Crippen LogP contribution in [0.2, 0.25) is 0 Å². The molecule has 0 saturated carbocycles. The first-order valence-corrected chi connectivity index (χ1v) is 11.6. The highest BCUT2D eigenvalue weighted by Crippen LogP contribution is 2.30. The highest BCUT2D eigenvalue weighted by Gasteiger charge is 2.23. The van der Waals surface area contributed by atoms with Crippen LogP contribution >= 0.6 is 0 Å². The Morgan fingerprint density at radius 1 is 1.12 bits per heavy atom. The van der Waals surface area contributed by atoms with Crippen molar-refractivity contribution in [3.05, 3.63) is 78.0 Å². The van der Waals surface area contributed by atoms with Gasteiger partial charge < -0.3 is 20.7 Å². The Morgan fingerprint density at radius 3 is 2.42 bits per heavy atom. The summed E-state index contributed by atoms with van der Waals surface area (Å²) in [5, 5.41) is 3.14. The van der Waals surface area contributed by atoms with Crippen molar-refractivity contribution in [2.45, 2.75) is 45.4 Å². The molecule has 0 unspecified atom stereocenters. The Kier molecular flexibility index (Phi) is 6.94. The third-order valence-corrected chi connectivity index (χ3v) is 6.06. The number of amides is 1. The molecule has 0 bridgehead atoms. The van der Waals surface area contributed by atoms with Gasteiger partial charge in [0.05, 0.1) is 30.1 Å². The molecule has 6 nitrogen and oxygen atoms in total. The molecule has 0 aliphatic carbocycles. The number of ether oxygens (including phenoxy) is 1. The standard InChI is InChI=1S/C27H32N4O2/c1-4-25(21-8-6-5-7-9-21)30-27(32)22-12-10-20(11-13-22)24-14-23(15-29-26(24)28)31-16-18(2)33-19(3)17-31/h5-15,18-19,25H,4,16-17H2,1-3H3,(H2,28,29)(H,30,32)/t18-,19+,25-/m1/s1. The summed E-state index contributed by atoms with van der Waals surface area (Å²) in [4.78, 5) is 19.6. The van der Waals surface area contributed by atoms with Gasteiger partial charge in [-0.2, -0.15) is 0 Å². The molecule has 2 heterocycles. The molecule has 1 amide bonds. The molecule has 2 aromatic carbocycles. The van der Waals surface area contributed by atoms with E-state index in [-0.39, 0.29) is 24.2 Å². The van der Waals surface area contributed by atoms with Crippen LogP contribution in [0, 0.1) is 0 Å². The monoisotopic (exact) mass is 444 g/mol. The Hall–Kier alpha value is -3.38. The van der Waals surface area contributed by atoms with Crippen LogP contribution < -0.4 is 16.0 Å². The Labute approximate surface area is 195 Å². The molecule has 1 saturated heterocycles. The van der Waals surface area contributed by atoms with Crippen molar-refractivity contribution >= 4 is 17.4 Å². The summed E-state index contributed by atoms with van der Waals surface area (Å²) in [6, 6.07) is 19.6. The first kappa shape index (κ1) is 22.8. The molecular weight excluding hydrogens is 412 g/mol. The first-order valence-electron chi connectivity index (χ1n) is 11.6. The number of benzene rings is 2. The normalized spacial score (nSPS) is 19.2. The van der Waals surface area contributed by atoms with Crippen molar-refractivity contribution < 1.29 is 9.53 Å². The summed E-state index contributed by atoms with van der Waals surface area (Å²) in [6.45, 7) is 7.86. The van der Waals surface area contributed by atoms with Gasteiger partial charge in [0.2, 0.25) is 0 Å². The quantitative estimate of drug-likeness (QED) is 0.569. The zero-order chi connectivity index (χ0) is 23.4. The molecule has 1 fully saturated rings. The second-order valence-electron chi connectivity index (χ2n) is 8.71. The van der Waals surface area contributed by atoms with E-state index in [0.29, 0.717) is 11.4 Å². The third-order valence-electron chi connectivity index (χ3n) is 6.06. The second-order valence-corrected chi connectivity index (χ2v) is 8.71. The largest absolute Gasteiger partial charge is 0.383 e. The van der Waals surface area contributed by atoms with E-state index in [1.54, 1.807) is 0 Å². The zero-order valence-corrected chi connectivity index (χ0v) is 19.5. The van der Waals surface area contributed by atoms with Gasteiger partial charge in [-0.15, -0.1) is 0 Å². The number of nitrogens with two attached hydrogens (primary N) is 1. The lowest BCUT2D eigenvalue weighted by molar-refractivity contribution is -0.00523. The molecule has 3 atom stereocenters. The number of nitrogens with zero attached hydrogens (tertiary/aromatic N) is 2. The molecular formula is C27H32N4O2. The number of morpholine rings is 1. The summed E-state index contributed by atoms with van der Waals surface area (Å²) < 4.78 is 5.85. The maximum Gasteiger partial charge on any atom is 0.251 e. The number of nitrogens with one attached hydrogen (secondary N) is 1. The van der Waals surface area contributed by atoms with Gasteiger partial charge in [-0.3, -0.25) is 4.79 Å². The van der Waals surface area contributed by atoms with Crippen LogP contribution in [0.5, 0.6) is 0 Å². The zero-order valence-electron chi connectivity index (χ0n) is 19.5. The molecule has 0 spiro atoms. The van der Waals surface area contributed by atoms with E-state index in [1.807, 2.05) is 60.8 Å². The van der Waals surface area contributed by atoms with Crippen LogP contribution in [0.1, 0.15) is 49.2 Å². The van der Waals surface area contributed by atoms with Gasteiger partial charge in [0.15, 0.2) is 0 Å². The molecule has 6 heteroatoms. The highest BCUT2D eigenvalue weighted by molar-refractivity contribution is 5.95. The first-order chi connectivity index (χ1) is 15.9. The molecule has 1 aliphatic heterocycles. The van der Waals surface area contributed by atoms with E-state index >= 15 is 0 Å². The SMILES string of the molecule is CC[C@@H](NC(=O)c1ccc(-c2cc(N3C[C@@H](C)O[C@@H](C)C3)cnc2N)cc1)c1ccccc1. The Morgan fingerprint density at radius 2 is 1.79 bits per heavy atom. The number of hydrogen-bond acceptors (Lipinski definition) is 5. The number of anilines is 2. The third kappa shape index (κ3) is 5.34. The lowest BCUT2D eigenvalue weighted by Crippen LogP contribution is -2.45. The minimum Gasteiger partial charge on any atom is -0.383 e. The average Bonchev–Trinajstić information content (AvgIpc) is 2.83. The number of nitrogen functional groups attached to an aromatic ring is 1. The van der Waals surface area contributed by atoms with Gasteiger partial charge in [0.25, 0.3) is 5.91 Å². The van der Waals surface area contributed by atoms with E-state index < -0.39 is 0 Å². The molecule has 3 aromatic rings. The average molecular weight is 445 g/mol. The summed E-state index contributed by atoms with van der Waals surface area (Å²) >= 11 is 0. The summed E-state index contributed by atoms with van der Waals surface area (Å²) in [7, 11) is 0. The minimum atomic E-state index is -0.0895. The number of hydrogen-bond donors (Lipinski definition) is 2. The lowest BCUT2D eigenvalue weighted by atomic mass is 10.0. The maximum absolute atomic E-state index is 12.9. The number of pyridine rings is 1. The van der Waals surface area contributed by atoms with Gasteiger partial charge in [0, 0.05) is 24.2 Å². The fourth-order valence-corrected chi connectivity index (χ4v) is 4.41. The number of aromatic nitrogens is 1. The van der Waals surface area contributed by atoms with E-state index in [9.17, 15) is 4.79 Å². The topological polar surface area (TPSA) is 80.5 Å². The van der Waals surface area contributed by atoms with E-state index in [0.717, 1.165) is 41.9 Å². The van der Waals surface area contributed by atoms with Crippen molar-refractivity contribution in [2.75, 3.05) is 23.7 Å². The summed E-state index contributed by atoms with van der Waals surface area (Å²) in [6.07, 6.45) is 2.97. The number of carbonyl (C=O) groups excluding carboxylic acids is 1. The van der Waals surface area contributed by atoms with Crippen molar-refractivity contribution in [2.24, 2.45) is 0 Å². The fourth-order valence-electron chi connectivity index (χ4n) is 4.41. The molecule has 4 rings (SSSR count). The second kappa shape index (κ2) is 10.0. The van der Waals surface area contributed by atoms with Crippen LogP contribution in [0.3, 0.4) is 0 Å². The fraction of sp³-hybridized carbons (Fsp3) is 0.333. The van der Waals surface area contributed by atoms with E-state index in [2.05, 4.69) is 42.0 Å². The van der Waals surface area contributed by atoms with E-state index in [1.165, 1.54) is 0 Å². The highest BCUT2D eigenvalue weighted by atomic mass is 16.5. The van der Waals surface area contributed by atoms with Gasteiger partial charge in [0.1, 0.15) is 5.82 Å². The number of rotatable bonds is 6. The van der Waals surface area contributed by atoms with Crippen LogP contribution in [0.25, 0.3) is 11.1 Å². The smallest absolute Gasteiger partial charge is 0.251 e. The predicted molar refractivity (Wildman–Crippen MR) is 133 cm³/mol. The molecule has 172 valence electrons. The van der Waals surface area contributed by atoms with Crippen LogP contribution in [-0.2, 0) is 4.74 Å². The van der Waals surface area contributed by atoms with Gasteiger partial charge in [-0.1, -0.05) is 49.4 Å². The van der Waals surface area contributed by atoms with Crippen molar-refractivity contribution in [3.63, 3.8) is 0 Å². The Bertz CT molecular complexity index is 1080. The molecule has 3 N–H and O–H groups in total. The van der Waals surface area contributed by atoms with Gasteiger partial charge in [-0.25, -0.2) is 4.98 Å². The van der Waals surface area contributed by atoms with Crippen molar-refractivity contribution in [1.29, 1.82) is 0 Å². The maximum atomic E-state index is 12.9. The van der Waals surface area contributed by atoms with Crippen LogP contribution in [0.15, 0.2) is 66.9 Å². The molecule has 1 aliphatic rings. The van der Waals surface area contributed by atoms with Crippen LogP contribution in [-0.4, -0.2) is 36.2 Å². The van der Waals surface area contributed by atoms with E-state index in [4.69, 9.17) is 10.5 Å². The predicted octanol–water partition coefficient (Wildman–Crippen LogP) is 4.83. The molecule has 0 radical (unpaired) electrons.